The van der Waals surface area contributed by atoms with Crippen molar-refractivity contribution in [3.8, 4) is 5.75 Å². The minimum atomic E-state index is -0.502. The number of amides is 3. The van der Waals surface area contributed by atoms with Crippen LogP contribution in [0.3, 0.4) is 0 Å². The highest BCUT2D eigenvalue weighted by molar-refractivity contribution is 5.93. The predicted octanol–water partition coefficient (Wildman–Crippen LogP) is 1.23. The van der Waals surface area contributed by atoms with E-state index in [9.17, 15) is 19.2 Å². The Balaban J connectivity index is 0.00000118. The second-order valence-corrected chi connectivity index (χ2v) is 10.6. The van der Waals surface area contributed by atoms with E-state index in [0.29, 0.717) is 37.8 Å². The second-order valence-electron chi connectivity index (χ2n) is 10.6. The van der Waals surface area contributed by atoms with Crippen LogP contribution in [0.2, 0.25) is 0 Å². The number of benzene rings is 1. The molecular weight excluding hydrogens is 560 g/mol. The summed E-state index contributed by atoms with van der Waals surface area (Å²) in [6.45, 7) is 1.55. The first-order valence-corrected chi connectivity index (χ1v) is 14.1. The number of ether oxygens (including phenoxy) is 1. The molecule has 0 unspecified atom stereocenters. The lowest BCUT2D eigenvalue weighted by atomic mass is 9.88. The van der Waals surface area contributed by atoms with Gasteiger partial charge in [-0.2, -0.15) is 0 Å². The quantitative estimate of drug-likeness (QED) is 0.373. The Morgan fingerprint density at radius 3 is 2.58 bits per heavy atom. The molecule has 14 nitrogen and oxygen atoms in total. The number of nitrogens with one attached hydrogen (secondary N) is 2. The minimum absolute atomic E-state index is 0.114. The Hall–Kier alpha value is -5.01. The monoisotopic (exact) mass is 592 g/mol. The van der Waals surface area contributed by atoms with Crippen molar-refractivity contribution in [2.75, 3.05) is 39.3 Å². The van der Waals surface area contributed by atoms with Gasteiger partial charge in [-0.1, -0.05) is 17.3 Å². The van der Waals surface area contributed by atoms with E-state index in [2.05, 4.69) is 20.4 Å². The van der Waals surface area contributed by atoms with Crippen LogP contribution in [0.1, 0.15) is 63.4 Å². The van der Waals surface area contributed by atoms with Gasteiger partial charge in [-0.15, -0.1) is 0 Å². The van der Waals surface area contributed by atoms with Crippen molar-refractivity contribution < 1.29 is 33.5 Å². The molecule has 1 aliphatic carbocycles. The van der Waals surface area contributed by atoms with Gasteiger partial charge in [0.25, 0.3) is 23.8 Å². The molecule has 2 aromatic heterocycles. The van der Waals surface area contributed by atoms with E-state index in [1.807, 2.05) is 24.3 Å². The summed E-state index contributed by atoms with van der Waals surface area (Å²) in [6, 6.07) is 9.32. The summed E-state index contributed by atoms with van der Waals surface area (Å²) in [4.78, 5) is 69.3. The smallest absolute Gasteiger partial charge is 0.292 e. The number of rotatable bonds is 3. The molecule has 3 amide bonds. The Labute approximate surface area is 246 Å². The number of carbonyl (C=O) groups excluding carboxylic acids is 3. The molecule has 2 bridgehead atoms. The van der Waals surface area contributed by atoms with Gasteiger partial charge in [0, 0.05) is 56.8 Å². The van der Waals surface area contributed by atoms with Crippen molar-refractivity contribution in [2.45, 2.75) is 31.1 Å². The number of fused-ring (bicyclic) bond motifs is 4. The summed E-state index contributed by atoms with van der Waals surface area (Å²) in [6.07, 6.45) is 5.01. The molecule has 6 rings (SSSR count). The van der Waals surface area contributed by atoms with Crippen molar-refractivity contribution in [1.82, 2.24) is 30.2 Å². The van der Waals surface area contributed by atoms with Crippen LogP contribution in [0.25, 0.3) is 0 Å². The summed E-state index contributed by atoms with van der Waals surface area (Å²) in [5.41, 5.74) is 1.44. The van der Waals surface area contributed by atoms with Gasteiger partial charge in [-0.3, -0.25) is 24.0 Å². The zero-order valence-electron chi connectivity index (χ0n) is 23.3. The van der Waals surface area contributed by atoms with Gasteiger partial charge in [-0.25, -0.2) is 4.98 Å². The minimum Gasteiger partial charge on any atom is -0.494 e. The fraction of sp³-hybridized carbons (Fsp3) is 0.414. The van der Waals surface area contributed by atoms with Crippen molar-refractivity contribution in [1.29, 1.82) is 0 Å². The Kier molecular flexibility index (Phi) is 9.13. The molecule has 2 fully saturated rings. The zero-order valence-corrected chi connectivity index (χ0v) is 23.3. The summed E-state index contributed by atoms with van der Waals surface area (Å²) in [7, 11) is 0. The molecule has 0 spiro atoms. The van der Waals surface area contributed by atoms with Crippen LogP contribution in [-0.2, 0) is 9.59 Å². The molecule has 43 heavy (non-hydrogen) atoms. The lowest BCUT2D eigenvalue weighted by Gasteiger charge is -2.24. The van der Waals surface area contributed by atoms with Crippen molar-refractivity contribution in [3.63, 3.8) is 0 Å². The fourth-order valence-corrected chi connectivity index (χ4v) is 5.35. The van der Waals surface area contributed by atoms with E-state index in [4.69, 9.17) is 19.2 Å². The van der Waals surface area contributed by atoms with Crippen LogP contribution in [-0.4, -0.2) is 93.6 Å². The number of hydrogen-bond donors (Lipinski definition) is 3. The molecule has 1 saturated carbocycles. The summed E-state index contributed by atoms with van der Waals surface area (Å²) in [5, 5.41) is 13.9. The average molecular weight is 593 g/mol. The number of carboxylic acid groups (broad SMARTS) is 1. The van der Waals surface area contributed by atoms with E-state index in [1.165, 1.54) is 6.20 Å². The highest BCUT2D eigenvalue weighted by Gasteiger charge is 2.42. The van der Waals surface area contributed by atoms with Crippen LogP contribution in [0.15, 0.2) is 52.0 Å². The molecule has 2 atom stereocenters. The number of carbonyl (C=O) groups is 4. The number of H-pyrrole nitrogens is 1. The highest BCUT2D eigenvalue weighted by atomic mass is 16.5. The van der Waals surface area contributed by atoms with Crippen LogP contribution >= 0.6 is 0 Å². The summed E-state index contributed by atoms with van der Waals surface area (Å²) in [5.74, 6) is -0.371. The Morgan fingerprint density at radius 1 is 1.05 bits per heavy atom. The summed E-state index contributed by atoms with van der Waals surface area (Å²) < 4.78 is 11.4. The topological polar surface area (TPSA) is 188 Å². The predicted molar refractivity (Wildman–Crippen MR) is 150 cm³/mol. The third-order valence-electron chi connectivity index (χ3n) is 7.67. The molecule has 0 radical (unpaired) electrons. The standard InChI is InChI=1S/C28H30N6O6.CH2O2/c35-25-14-30-23(13-31-25)27(37)33-8-2-10-39-19-4-1-3-18(11-19)20-15-34(16-21(20)26(36)29-7-9-33)28(38)24-12-22(32-40-24)17-5-6-17;2-1-3/h1,3-4,11-14,17,20-21H,2,5-10,15-16H2,(H,29,36)(H,31,35);1H,(H,2,3)/t20-,21+;/m1./s1. The molecule has 1 aromatic carbocycles. The van der Waals surface area contributed by atoms with E-state index in [-0.39, 0.29) is 61.2 Å². The lowest BCUT2D eigenvalue weighted by molar-refractivity contribution is -0.125. The molecule has 1 saturated heterocycles. The maximum atomic E-state index is 13.5. The maximum Gasteiger partial charge on any atom is 0.292 e. The van der Waals surface area contributed by atoms with Gasteiger partial charge in [0.2, 0.25) is 11.7 Å². The van der Waals surface area contributed by atoms with E-state index in [1.54, 1.807) is 15.9 Å². The van der Waals surface area contributed by atoms with Gasteiger partial charge in [0.15, 0.2) is 0 Å². The first kappa shape index (κ1) is 29.5. The largest absolute Gasteiger partial charge is 0.494 e. The maximum absolute atomic E-state index is 13.5. The van der Waals surface area contributed by atoms with Crippen molar-refractivity contribution >= 4 is 24.2 Å². The van der Waals surface area contributed by atoms with E-state index in [0.717, 1.165) is 30.3 Å². The lowest BCUT2D eigenvalue weighted by Crippen LogP contribution is -2.42. The third kappa shape index (κ3) is 7.08. The SMILES string of the molecule is O=C1NCCN(C(=O)c2c[nH]c(=O)cn2)CCCOc2cccc(c2)[C@H]2CN(C(=O)c3cc(C4CC4)no3)C[C@H]12.O=CO. The van der Waals surface area contributed by atoms with Crippen LogP contribution < -0.4 is 15.6 Å². The van der Waals surface area contributed by atoms with E-state index < -0.39 is 11.5 Å². The third-order valence-corrected chi connectivity index (χ3v) is 7.67. The first-order chi connectivity index (χ1) is 20.9. The first-order valence-electron chi connectivity index (χ1n) is 14.1. The number of aromatic nitrogens is 3. The van der Waals surface area contributed by atoms with Crippen LogP contribution in [0.4, 0.5) is 0 Å². The van der Waals surface area contributed by atoms with Gasteiger partial charge >= 0.3 is 0 Å². The second kappa shape index (κ2) is 13.3. The van der Waals surface area contributed by atoms with Crippen molar-refractivity contribution in [2.24, 2.45) is 5.92 Å². The molecule has 3 N–H and O–H groups in total. The van der Waals surface area contributed by atoms with Gasteiger partial charge < -0.3 is 34.5 Å². The number of likely N-dealkylation sites (tertiary alicyclic amines) is 1. The normalized spacial score (nSPS) is 20.4. The van der Waals surface area contributed by atoms with Crippen LogP contribution in [0.5, 0.6) is 5.75 Å². The van der Waals surface area contributed by atoms with E-state index >= 15 is 0 Å². The molecule has 3 aromatic rings. The fourth-order valence-electron chi connectivity index (χ4n) is 5.35. The van der Waals surface area contributed by atoms with Crippen LogP contribution in [0, 0.1) is 5.92 Å². The average Bonchev–Trinajstić information content (AvgIpc) is 3.56. The molecule has 3 aliphatic rings. The number of nitrogens with zero attached hydrogens (tertiary/aromatic N) is 4. The Bertz CT molecular complexity index is 1510. The number of aromatic amines is 1. The van der Waals surface area contributed by atoms with Crippen molar-refractivity contribution in [3.05, 3.63) is 75.8 Å². The molecule has 2 aliphatic heterocycles. The summed E-state index contributed by atoms with van der Waals surface area (Å²) >= 11 is 0. The Morgan fingerprint density at radius 2 is 1.84 bits per heavy atom. The molecular formula is C29H32N6O8. The molecule has 14 heteroatoms. The van der Waals surface area contributed by atoms with Gasteiger partial charge in [0.05, 0.1) is 24.4 Å². The number of hydrogen-bond acceptors (Lipinski definition) is 9. The van der Waals surface area contributed by atoms with Gasteiger partial charge in [0.1, 0.15) is 11.4 Å². The molecule has 226 valence electrons. The molecule has 4 heterocycles. The zero-order chi connectivity index (χ0) is 30.3. The van der Waals surface area contributed by atoms with Gasteiger partial charge in [-0.05, 0) is 37.0 Å². The highest BCUT2D eigenvalue weighted by Crippen LogP contribution is 2.40.